The van der Waals surface area contributed by atoms with Crippen molar-refractivity contribution in [3.63, 3.8) is 0 Å². The van der Waals surface area contributed by atoms with Crippen LogP contribution in [-0.2, 0) is 0 Å². The maximum atomic E-state index is 15.1. The van der Waals surface area contributed by atoms with Crippen molar-refractivity contribution in [3.05, 3.63) is 12.2 Å². The van der Waals surface area contributed by atoms with E-state index < -0.39 is 12.3 Å². The first kappa shape index (κ1) is 20.3. The van der Waals surface area contributed by atoms with Gasteiger partial charge in [0.15, 0.2) is 0 Å². The fourth-order valence-corrected chi connectivity index (χ4v) is 6.54. The maximum absolute atomic E-state index is 15.1. The van der Waals surface area contributed by atoms with Crippen LogP contribution in [0, 0.1) is 35.5 Å². The highest BCUT2D eigenvalue weighted by molar-refractivity contribution is 4.96. The zero-order valence-corrected chi connectivity index (χ0v) is 17.0. The largest absolute Gasteiger partial charge is 0.247 e. The molecule has 0 bridgehead atoms. The lowest BCUT2D eigenvalue weighted by Gasteiger charge is -2.44. The number of alkyl halides is 2. The second-order valence-electron chi connectivity index (χ2n) is 9.61. The number of hydrogen-bond donors (Lipinski definition) is 0. The van der Waals surface area contributed by atoms with Crippen molar-refractivity contribution in [3.8, 4) is 0 Å². The summed E-state index contributed by atoms with van der Waals surface area (Å²) in [6.45, 7) is 4.33. The highest BCUT2D eigenvalue weighted by atomic mass is 19.1. The summed E-state index contributed by atoms with van der Waals surface area (Å²) in [7, 11) is 0. The van der Waals surface area contributed by atoms with E-state index in [1.165, 1.54) is 38.5 Å². The molecule has 3 rings (SSSR count). The van der Waals surface area contributed by atoms with Crippen LogP contribution in [0.15, 0.2) is 12.2 Å². The first-order chi connectivity index (χ1) is 12.6. The third-order valence-electron chi connectivity index (χ3n) is 7.97. The minimum absolute atomic E-state index is 0.280. The number of hydrogen-bond acceptors (Lipinski definition) is 0. The molecule has 2 atom stereocenters. The van der Waals surface area contributed by atoms with E-state index in [0.29, 0.717) is 30.6 Å². The topological polar surface area (TPSA) is 0 Å². The standard InChI is InChI=1S/C24H40F2/c1-3-5-17-7-11-19(12-8-17)21-15-22(25)24(23(26)16-21)20-13-9-18(6-4-2)10-14-20/h4,6,17-24H,3,5,7-16H2,1-2H3/b6-4+. The molecule has 0 aromatic rings. The molecule has 0 aromatic heterocycles. The molecular weight excluding hydrogens is 326 g/mol. The quantitative estimate of drug-likeness (QED) is 0.438. The summed E-state index contributed by atoms with van der Waals surface area (Å²) in [4.78, 5) is 0. The van der Waals surface area contributed by atoms with Gasteiger partial charge in [0.1, 0.15) is 12.3 Å². The van der Waals surface area contributed by atoms with Crippen molar-refractivity contribution in [1.29, 1.82) is 0 Å². The van der Waals surface area contributed by atoms with Crippen LogP contribution in [0.5, 0.6) is 0 Å². The van der Waals surface area contributed by atoms with Gasteiger partial charge in [0, 0.05) is 5.92 Å². The lowest BCUT2D eigenvalue weighted by atomic mass is 9.63. The second kappa shape index (κ2) is 9.69. The Kier molecular flexibility index (Phi) is 7.58. The highest BCUT2D eigenvalue weighted by Crippen LogP contribution is 2.48. The van der Waals surface area contributed by atoms with E-state index in [1.807, 2.05) is 0 Å². The van der Waals surface area contributed by atoms with Gasteiger partial charge in [-0.3, -0.25) is 0 Å². The van der Waals surface area contributed by atoms with Crippen molar-refractivity contribution in [2.75, 3.05) is 0 Å². The van der Waals surface area contributed by atoms with Crippen molar-refractivity contribution < 1.29 is 8.78 Å². The number of halogens is 2. The Balaban J connectivity index is 1.50. The molecule has 0 radical (unpaired) electrons. The van der Waals surface area contributed by atoms with Crippen LogP contribution in [0.3, 0.4) is 0 Å². The van der Waals surface area contributed by atoms with Crippen LogP contribution in [0.2, 0.25) is 0 Å². The molecule has 3 saturated carbocycles. The lowest BCUT2D eigenvalue weighted by molar-refractivity contribution is -0.0229. The molecule has 26 heavy (non-hydrogen) atoms. The van der Waals surface area contributed by atoms with Gasteiger partial charge in [0.25, 0.3) is 0 Å². The summed E-state index contributed by atoms with van der Waals surface area (Å²) in [5, 5.41) is 0. The van der Waals surface area contributed by atoms with Gasteiger partial charge in [-0.15, -0.1) is 0 Å². The zero-order chi connectivity index (χ0) is 18.5. The molecule has 2 heteroatoms. The molecule has 2 unspecified atom stereocenters. The Hall–Kier alpha value is -0.400. The Morgan fingerprint density at radius 2 is 1.35 bits per heavy atom. The van der Waals surface area contributed by atoms with E-state index in [1.54, 1.807) is 0 Å². The molecule has 3 aliphatic carbocycles. The molecule has 0 aliphatic heterocycles. The second-order valence-corrected chi connectivity index (χ2v) is 9.61. The molecule has 0 saturated heterocycles. The van der Waals surface area contributed by atoms with E-state index in [-0.39, 0.29) is 11.8 Å². The summed E-state index contributed by atoms with van der Waals surface area (Å²) in [6, 6.07) is 0. The average molecular weight is 367 g/mol. The average Bonchev–Trinajstić information content (AvgIpc) is 2.64. The third-order valence-corrected chi connectivity index (χ3v) is 7.97. The van der Waals surface area contributed by atoms with Crippen molar-refractivity contribution in [2.45, 2.75) is 103 Å². The van der Waals surface area contributed by atoms with Gasteiger partial charge >= 0.3 is 0 Å². The SMILES string of the molecule is C/C=C/C1CCC(C2C(F)CC(C3CCC(CCC)CC3)CC2F)CC1. The molecule has 0 amide bonds. The van der Waals surface area contributed by atoms with Gasteiger partial charge in [-0.1, -0.05) is 44.8 Å². The van der Waals surface area contributed by atoms with Crippen LogP contribution in [0.25, 0.3) is 0 Å². The lowest BCUT2D eigenvalue weighted by Crippen LogP contribution is -2.43. The first-order valence-electron chi connectivity index (χ1n) is 11.5. The molecule has 3 aliphatic rings. The molecule has 0 N–H and O–H groups in total. The minimum atomic E-state index is -0.902. The van der Waals surface area contributed by atoms with Crippen molar-refractivity contribution in [1.82, 2.24) is 0 Å². The molecule has 0 heterocycles. The first-order valence-corrected chi connectivity index (χ1v) is 11.5. The molecule has 0 nitrogen and oxygen atoms in total. The molecule has 150 valence electrons. The summed E-state index contributed by atoms with van der Waals surface area (Å²) in [5.41, 5.74) is 0. The van der Waals surface area contributed by atoms with E-state index >= 15 is 8.78 Å². The molecule has 0 aromatic carbocycles. The van der Waals surface area contributed by atoms with E-state index in [2.05, 4.69) is 26.0 Å². The predicted molar refractivity (Wildman–Crippen MR) is 107 cm³/mol. The van der Waals surface area contributed by atoms with Gasteiger partial charge in [-0.2, -0.15) is 0 Å². The zero-order valence-electron chi connectivity index (χ0n) is 17.0. The van der Waals surface area contributed by atoms with Crippen LogP contribution in [0.4, 0.5) is 8.78 Å². The van der Waals surface area contributed by atoms with Crippen LogP contribution >= 0.6 is 0 Å². The van der Waals surface area contributed by atoms with E-state index in [9.17, 15) is 0 Å². The van der Waals surface area contributed by atoms with Crippen molar-refractivity contribution >= 4 is 0 Å². The normalized spacial score (nSPS) is 45.1. The Labute approximate surface area is 160 Å². The van der Waals surface area contributed by atoms with Crippen molar-refractivity contribution in [2.24, 2.45) is 35.5 Å². The summed E-state index contributed by atoms with van der Waals surface area (Å²) < 4.78 is 30.2. The Bertz CT molecular complexity index is 417. The molecule has 3 fully saturated rings. The maximum Gasteiger partial charge on any atom is 0.106 e. The summed E-state index contributed by atoms with van der Waals surface area (Å²) >= 11 is 0. The predicted octanol–water partition coefficient (Wildman–Crippen LogP) is 7.68. The third kappa shape index (κ3) is 4.90. The van der Waals surface area contributed by atoms with Gasteiger partial charge in [-0.25, -0.2) is 8.78 Å². The Morgan fingerprint density at radius 1 is 0.769 bits per heavy atom. The van der Waals surface area contributed by atoms with Crippen LogP contribution in [-0.4, -0.2) is 12.3 Å². The summed E-state index contributed by atoms with van der Waals surface area (Å²) in [5.74, 6) is 2.38. The van der Waals surface area contributed by atoms with Crippen LogP contribution < -0.4 is 0 Å². The molecule has 0 spiro atoms. The smallest absolute Gasteiger partial charge is 0.106 e. The van der Waals surface area contributed by atoms with Gasteiger partial charge in [0.05, 0.1) is 0 Å². The van der Waals surface area contributed by atoms with Crippen LogP contribution in [0.1, 0.15) is 90.9 Å². The van der Waals surface area contributed by atoms with Gasteiger partial charge < -0.3 is 0 Å². The monoisotopic (exact) mass is 366 g/mol. The molecular formula is C24H40F2. The number of rotatable bonds is 5. The fraction of sp³-hybridized carbons (Fsp3) is 0.917. The highest BCUT2D eigenvalue weighted by Gasteiger charge is 2.45. The van der Waals surface area contributed by atoms with E-state index in [0.717, 1.165) is 31.6 Å². The Morgan fingerprint density at radius 3 is 1.88 bits per heavy atom. The van der Waals surface area contributed by atoms with Gasteiger partial charge in [0.2, 0.25) is 0 Å². The number of allylic oxidation sites excluding steroid dienone is 2. The minimum Gasteiger partial charge on any atom is -0.247 e. The van der Waals surface area contributed by atoms with E-state index in [4.69, 9.17) is 0 Å². The fourth-order valence-electron chi connectivity index (χ4n) is 6.54. The van der Waals surface area contributed by atoms with Gasteiger partial charge in [-0.05, 0) is 87.9 Å². The summed E-state index contributed by atoms with van der Waals surface area (Å²) in [6.07, 6.45) is 15.8.